The molecule has 1 amide bonds. The first-order chi connectivity index (χ1) is 5.83. The highest BCUT2D eigenvalue weighted by Crippen LogP contribution is 2.17. The number of aliphatic hydroxyl groups excluding tert-OH is 1. The van der Waals surface area contributed by atoms with Crippen LogP contribution in [0.5, 0.6) is 0 Å². The lowest BCUT2D eigenvalue weighted by atomic mass is 10.4. The Kier molecular flexibility index (Phi) is 4.04. The van der Waals surface area contributed by atoms with Crippen LogP contribution in [0, 0.1) is 0 Å². The van der Waals surface area contributed by atoms with Crippen molar-refractivity contribution in [2.45, 2.75) is 25.3 Å². The van der Waals surface area contributed by atoms with E-state index in [4.69, 9.17) is 5.11 Å². The fraction of sp³-hybridized carbons (Fsp3) is 0.875. The molecular weight excluding hydrogens is 156 g/mol. The van der Waals surface area contributed by atoms with Crippen LogP contribution in [0.2, 0.25) is 0 Å². The zero-order chi connectivity index (χ0) is 8.81. The molecule has 1 rings (SSSR count). The molecule has 0 radical (unpaired) electrons. The molecule has 1 aliphatic carbocycles. The van der Waals surface area contributed by atoms with E-state index in [0.29, 0.717) is 25.6 Å². The highest BCUT2D eigenvalue weighted by Gasteiger charge is 2.22. The average molecular weight is 172 g/mol. The molecule has 1 saturated carbocycles. The van der Waals surface area contributed by atoms with E-state index in [9.17, 15) is 4.79 Å². The van der Waals surface area contributed by atoms with Crippen molar-refractivity contribution in [1.29, 1.82) is 0 Å². The van der Waals surface area contributed by atoms with Crippen molar-refractivity contribution in [1.82, 2.24) is 10.6 Å². The van der Waals surface area contributed by atoms with Gasteiger partial charge in [0.1, 0.15) is 0 Å². The van der Waals surface area contributed by atoms with Gasteiger partial charge in [0, 0.05) is 12.6 Å². The molecule has 0 aromatic carbocycles. The maximum absolute atomic E-state index is 11.0. The molecule has 0 aromatic rings. The number of hydrogen-bond acceptors (Lipinski definition) is 3. The predicted molar refractivity (Wildman–Crippen MR) is 45.7 cm³/mol. The van der Waals surface area contributed by atoms with Crippen LogP contribution in [-0.2, 0) is 4.79 Å². The number of rotatable bonds is 6. The third-order valence-corrected chi connectivity index (χ3v) is 1.74. The molecular formula is C8H16N2O2. The summed E-state index contributed by atoms with van der Waals surface area (Å²) in [5.74, 6) is 0.0652. The van der Waals surface area contributed by atoms with Crippen molar-refractivity contribution in [3.05, 3.63) is 0 Å². The Hall–Kier alpha value is -0.610. The molecule has 12 heavy (non-hydrogen) atoms. The zero-order valence-corrected chi connectivity index (χ0v) is 7.18. The summed E-state index contributed by atoms with van der Waals surface area (Å²) >= 11 is 0. The molecule has 4 nitrogen and oxygen atoms in total. The highest BCUT2D eigenvalue weighted by atomic mass is 16.3. The van der Waals surface area contributed by atoms with E-state index in [1.165, 1.54) is 0 Å². The average Bonchev–Trinajstić information content (AvgIpc) is 2.82. The van der Waals surface area contributed by atoms with Crippen LogP contribution in [0.25, 0.3) is 0 Å². The summed E-state index contributed by atoms with van der Waals surface area (Å²) in [6, 6.07) is 0.442. The summed E-state index contributed by atoms with van der Waals surface area (Å²) in [5, 5.41) is 14.3. The normalized spacial score (nSPS) is 16.1. The number of carbonyl (C=O) groups excluding carboxylic acids is 1. The van der Waals surface area contributed by atoms with Gasteiger partial charge >= 0.3 is 0 Å². The van der Waals surface area contributed by atoms with Crippen LogP contribution in [0.15, 0.2) is 0 Å². The predicted octanol–water partition coefficient (Wildman–Crippen LogP) is -0.763. The summed E-state index contributed by atoms with van der Waals surface area (Å²) < 4.78 is 0. The van der Waals surface area contributed by atoms with Gasteiger partial charge < -0.3 is 15.7 Å². The molecule has 0 heterocycles. The van der Waals surface area contributed by atoms with E-state index in [-0.39, 0.29) is 12.5 Å². The van der Waals surface area contributed by atoms with Crippen molar-refractivity contribution in [3.8, 4) is 0 Å². The molecule has 0 unspecified atom stereocenters. The quantitative estimate of drug-likeness (QED) is 0.461. The van der Waals surface area contributed by atoms with Gasteiger partial charge in [0.2, 0.25) is 5.91 Å². The lowest BCUT2D eigenvalue weighted by Gasteiger charge is -2.03. The van der Waals surface area contributed by atoms with Gasteiger partial charge in [-0.1, -0.05) is 0 Å². The van der Waals surface area contributed by atoms with Crippen LogP contribution < -0.4 is 10.6 Å². The summed E-state index contributed by atoms with van der Waals surface area (Å²) in [6.07, 6.45) is 2.96. The van der Waals surface area contributed by atoms with Crippen molar-refractivity contribution in [2.24, 2.45) is 0 Å². The first kappa shape index (κ1) is 9.48. The number of amides is 1. The van der Waals surface area contributed by atoms with Crippen LogP contribution in [-0.4, -0.2) is 36.8 Å². The third-order valence-electron chi connectivity index (χ3n) is 1.74. The fourth-order valence-electron chi connectivity index (χ4n) is 0.912. The van der Waals surface area contributed by atoms with Gasteiger partial charge in [-0.2, -0.15) is 0 Å². The third kappa shape index (κ3) is 4.31. The van der Waals surface area contributed by atoms with Gasteiger partial charge in [-0.25, -0.2) is 0 Å². The Labute approximate surface area is 72.3 Å². The topological polar surface area (TPSA) is 61.4 Å². The van der Waals surface area contributed by atoms with E-state index >= 15 is 0 Å². The summed E-state index contributed by atoms with van der Waals surface area (Å²) in [7, 11) is 0. The molecule has 70 valence electrons. The lowest BCUT2D eigenvalue weighted by molar-refractivity contribution is -0.120. The second-order valence-electron chi connectivity index (χ2n) is 3.10. The van der Waals surface area contributed by atoms with E-state index < -0.39 is 0 Å². The molecule has 1 fully saturated rings. The largest absolute Gasteiger partial charge is 0.396 e. The van der Waals surface area contributed by atoms with Crippen LogP contribution >= 0.6 is 0 Å². The molecule has 4 heteroatoms. The lowest BCUT2D eigenvalue weighted by Crippen LogP contribution is -2.35. The highest BCUT2D eigenvalue weighted by molar-refractivity contribution is 5.78. The molecule has 0 aliphatic heterocycles. The second kappa shape index (κ2) is 5.11. The number of hydrogen-bond donors (Lipinski definition) is 3. The van der Waals surface area contributed by atoms with Crippen LogP contribution in [0.3, 0.4) is 0 Å². The van der Waals surface area contributed by atoms with Gasteiger partial charge in [0.15, 0.2) is 0 Å². The maximum Gasteiger partial charge on any atom is 0.234 e. The van der Waals surface area contributed by atoms with E-state index in [1.54, 1.807) is 0 Å². The fourth-order valence-corrected chi connectivity index (χ4v) is 0.912. The smallest absolute Gasteiger partial charge is 0.234 e. The Morgan fingerprint density at radius 1 is 1.50 bits per heavy atom. The van der Waals surface area contributed by atoms with Crippen LogP contribution in [0.1, 0.15) is 19.3 Å². The molecule has 1 aliphatic rings. The minimum atomic E-state index is 0.0652. The Morgan fingerprint density at radius 3 is 2.83 bits per heavy atom. The van der Waals surface area contributed by atoms with Gasteiger partial charge in [-0.15, -0.1) is 0 Å². The first-order valence-corrected chi connectivity index (χ1v) is 4.44. The Balaban J connectivity index is 1.87. The van der Waals surface area contributed by atoms with E-state index in [0.717, 1.165) is 12.8 Å². The van der Waals surface area contributed by atoms with Crippen molar-refractivity contribution >= 4 is 5.91 Å². The minimum Gasteiger partial charge on any atom is -0.396 e. The standard InChI is InChI=1S/C8H16N2O2/c11-5-1-4-9-6-8(12)10-7-2-3-7/h7,9,11H,1-6H2,(H,10,12). The van der Waals surface area contributed by atoms with Crippen molar-refractivity contribution in [3.63, 3.8) is 0 Å². The molecule has 0 atom stereocenters. The first-order valence-electron chi connectivity index (χ1n) is 4.44. The number of aliphatic hydroxyl groups is 1. The Morgan fingerprint density at radius 2 is 2.25 bits per heavy atom. The second-order valence-corrected chi connectivity index (χ2v) is 3.10. The summed E-state index contributed by atoms with van der Waals surface area (Å²) in [6.45, 7) is 1.25. The number of carbonyl (C=O) groups is 1. The van der Waals surface area contributed by atoms with Gasteiger partial charge in [-0.3, -0.25) is 4.79 Å². The van der Waals surface area contributed by atoms with Gasteiger partial charge in [0.05, 0.1) is 6.54 Å². The molecule has 0 spiro atoms. The van der Waals surface area contributed by atoms with Gasteiger partial charge in [0.25, 0.3) is 0 Å². The molecule has 0 aromatic heterocycles. The van der Waals surface area contributed by atoms with Crippen molar-refractivity contribution in [2.75, 3.05) is 19.7 Å². The maximum atomic E-state index is 11.0. The van der Waals surface area contributed by atoms with E-state index in [1.807, 2.05) is 0 Å². The molecule has 0 bridgehead atoms. The SMILES string of the molecule is O=C(CNCCCO)NC1CC1. The summed E-state index contributed by atoms with van der Waals surface area (Å²) in [4.78, 5) is 11.0. The molecule has 0 saturated heterocycles. The number of nitrogens with one attached hydrogen (secondary N) is 2. The van der Waals surface area contributed by atoms with Crippen molar-refractivity contribution < 1.29 is 9.90 Å². The van der Waals surface area contributed by atoms with Crippen LogP contribution in [0.4, 0.5) is 0 Å². The monoisotopic (exact) mass is 172 g/mol. The summed E-state index contributed by atoms with van der Waals surface area (Å²) in [5.41, 5.74) is 0. The zero-order valence-electron chi connectivity index (χ0n) is 7.18. The van der Waals surface area contributed by atoms with E-state index in [2.05, 4.69) is 10.6 Å². The Bertz CT molecular complexity index is 146. The molecule has 3 N–H and O–H groups in total. The van der Waals surface area contributed by atoms with Gasteiger partial charge in [-0.05, 0) is 25.8 Å². The minimum absolute atomic E-state index is 0.0652.